The van der Waals surface area contributed by atoms with Gasteiger partial charge in [-0.15, -0.1) is 0 Å². The average Bonchev–Trinajstić information content (AvgIpc) is 2.65. The van der Waals surface area contributed by atoms with Crippen LogP contribution in [-0.4, -0.2) is 42.9 Å². The Bertz CT molecular complexity index is 186. The van der Waals surface area contributed by atoms with E-state index in [1.54, 1.807) is 0 Å². The highest BCUT2D eigenvalue weighted by Gasteiger charge is 2.33. The second-order valence-corrected chi connectivity index (χ2v) is 4.51. The van der Waals surface area contributed by atoms with E-state index in [2.05, 4.69) is 24.1 Å². The molecule has 0 saturated carbocycles. The van der Waals surface area contributed by atoms with Crippen molar-refractivity contribution >= 4 is 0 Å². The van der Waals surface area contributed by atoms with Crippen molar-refractivity contribution in [3.8, 4) is 0 Å². The van der Waals surface area contributed by atoms with Crippen LogP contribution in [0.5, 0.6) is 0 Å². The van der Waals surface area contributed by atoms with E-state index in [0.717, 1.165) is 13.2 Å². The molecule has 0 spiro atoms. The molecule has 2 heterocycles. The van der Waals surface area contributed by atoms with Gasteiger partial charge in [0.05, 0.1) is 6.61 Å². The van der Waals surface area contributed by atoms with Crippen LogP contribution in [0.15, 0.2) is 0 Å². The van der Waals surface area contributed by atoms with Crippen molar-refractivity contribution in [1.29, 1.82) is 0 Å². The molecule has 0 aromatic heterocycles. The van der Waals surface area contributed by atoms with E-state index in [1.165, 1.54) is 25.8 Å². The lowest BCUT2D eigenvalue weighted by molar-refractivity contribution is -0.000759. The quantitative estimate of drug-likeness (QED) is 0.721. The molecular weight excluding hydrogens is 176 g/mol. The van der Waals surface area contributed by atoms with Crippen molar-refractivity contribution in [2.24, 2.45) is 0 Å². The Hall–Kier alpha value is -0.120. The van der Waals surface area contributed by atoms with Gasteiger partial charge in [0.1, 0.15) is 6.23 Å². The molecule has 0 aliphatic carbocycles. The highest BCUT2D eigenvalue weighted by molar-refractivity contribution is 4.86. The Morgan fingerprint density at radius 1 is 1.43 bits per heavy atom. The summed E-state index contributed by atoms with van der Waals surface area (Å²) in [5.74, 6) is 0. The fourth-order valence-corrected chi connectivity index (χ4v) is 2.60. The number of nitrogens with one attached hydrogen (secondary N) is 1. The summed E-state index contributed by atoms with van der Waals surface area (Å²) in [5.41, 5.74) is 0. The van der Waals surface area contributed by atoms with Crippen molar-refractivity contribution in [3.05, 3.63) is 0 Å². The summed E-state index contributed by atoms with van der Waals surface area (Å²) in [7, 11) is 0. The third-order valence-electron chi connectivity index (χ3n) is 3.39. The van der Waals surface area contributed by atoms with E-state index in [4.69, 9.17) is 4.74 Å². The Balaban J connectivity index is 1.93. The minimum absolute atomic E-state index is 0.283. The van der Waals surface area contributed by atoms with E-state index < -0.39 is 0 Å². The average molecular weight is 198 g/mol. The number of hydrogen-bond donors (Lipinski definition) is 1. The smallest absolute Gasteiger partial charge is 0.124 e. The first-order chi connectivity index (χ1) is 6.81. The van der Waals surface area contributed by atoms with Crippen molar-refractivity contribution in [3.63, 3.8) is 0 Å². The summed E-state index contributed by atoms with van der Waals surface area (Å²) >= 11 is 0. The number of likely N-dealkylation sites (tertiary alicyclic amines) is 1. The number of piperidine rings is 1. The summed E-state index contributed by atoms with van der Waals surface area (Å²) in [4.78, 5) is 2.55. The molecule has 0 amide bonds. The van der Waals surface area contributed by atoms with Gasteiger partial charge in [0, 0.05) is 12.1 Å². The zero-order valence-corrected chi connectivity index (χ0v) is 9.33. The molecule has 3 nitrogen and oxygen atoms in total. The highest BCUT2D eigenvalue weighted by Crippen LogP contribution is 2.22. The van der Waals surface area contributed by atoms with Crippen LogP contribution in [0.2, 0.25) is 0 Å². The maximum absolute atomic E-state index is 5.78. The van der Waals surface area contributed by atoms with Crippen LogP contribution in [0.25, 0.3) is 0 Å². The number of hydrogen-bond acceptors (Lipinski definition) is 3. The van der Waals surface area contributed by atoms with Crippen LogP contribution in [0.4, 0.5) is 0 Å². The summed E-state index contributed by atoms with van der Waals surface area (Å²) in [6.45, 7) is 7.71. The summed E-state index contributed by atoms with van der Waals surface area (Å²) in [5, 5.41) is 3.52. The first kappa shape index (κ1) is 10.4. The van der Waals surface area contributed by atoms with Gasteiger partial charge < -0.3 is 4.74 Å². The molecular formula is C11H22N2O. The number of likely N-dealkylation sites (N-methyl/N-ethyl adjacent to an activating group) is 1. The lowest BCUT2D eigenvalue weighted by Gasteiger charge is -2.37. The first-order valence-corrected chi connectivity index (χ1v) is 5.93. The van der Waals surface area contributed by atoms with Crippen molar-refractivity contribution in [1.82, 2.24) is 10.2 Å². The second-order valence-electron chi connectivity index (χ2n) is 4.51. The first-order valence-electron chi connectivity index (χ1n) is 5.93. The summed E-state index contributed by atoms with van der Waals surface area (Å²) in [6.07, 6.45) is 4.28. The SMILES string of the molecule is CCN1CCCCC1C1NC(C)CO1. The molecule has 3 atom stereocenters. The molecule has 82 valence electrons. The van der Waals surface area contributed by atoms with Crippen molar-refractivity contribution in [2.45, 2.75) is 51.4 Å². The molecule has 3 heteroatoms. The fraction of sp³-hybridized carbons (Fsp3) is 1.00. The summed E-state index contributed by atoms with van der Waals surface area (Å²) < 4.78 is 5.78. The third kappa shape index (κ3) is 2.10. The van der Waals surface area contributed by atoms with E-state index in [1.807, 2.05) is 0 Å². The summed E-state index contributed by atoms with van der Waals surface area (Å²) in [6, 6.07) is 1.14. The van der Waals surface area contributed by atoms with Crippen molar-refractivity contribution < 1.29 is 4.74 Å². The molecule has 2 aliphatic rings. The topological polar surface area (TPSA) is 24.5 Å². The normalized spacial score (nSPS) is 40.3. The van der Waals surface area contributed by atoms with E-state index in [-0.39, 0.29) is 6.23 Å². The Labute approximate surface area is 86.8 Å². The van der Waals surface area contributed by atoms with Crippen molar-refractivity contribution in [2.75, 3.05) is 19.7 Å². The van der Waals surface area contributed by atoms with Gasteiger partial charge in [-0.3, -0.25) is 10.2 Å². The Morgan fingerprint density at radius 2 is 2.29 bits per heavy atom. The molecule has 3 unspecified atom stereocenters. The number of nitrogens with zero attached hydrogens (tertiary/aromatic N) is 1. The van der Waals surface area contributed by atoms with Gasteiger partial charge in [-0.2, -0.15) is 0 Å². The predicted octanol–water partition coefficient (Wildman–Crippen LogP) is 1.20. The standard InChI is InChI=1S/C11H22N2O/c1-3-13-7-5-4-6-10(13)11-12-9(2)8-14-11/h9-12H,3-8H2,1-2H3. The second kappa shape index (κ2) is 4.60. The van der Waals surface area contributed by atoms with Gasteiger partial charge in [-0.1, -0.05) is 13.3 Å². The zero-order valence-electron chi connectivity index (χ0n) is 9.33. The molecule has 0 aromatic rings. The lowest BCUT2D eigenvalue weighted by Crippen LogP contribution is -2.51. The molecule has 0 radical (unpaired) electrons. The predicted molar refractivity (Wildman–Crippen MR) is 57.2 cm³/mol. The third-order valence-corrected chi connectivity index (χ3v) is 3.39. The largest absolute Gasteiger partial charge is 0.360 e. The molecule has 2 aliphatic heterocycles. The molecule has 2 fully saturated rings. The Kier molecular flexibility index (Phi) is 3.42. The Morgan fingerprint density at radius 3 is 2.93 bits per heavy atom. The van der Waals surface area contributed by atoms with E-state index in [0.29, 0.717) is 12.1 Å². The van der Waals surface area contributed by atoms with Crippen LogP contribution in [0, 0.1) is 0 Å². The molecule has 1 N–H and O–H groups in total. The van der Waals surface area contributed by atoms with Gasteiger partial charge in [0.2, 0.25) is 0 Å². The van der Waals surface area contributed by atoms with Gasteiger partial charge >= 0.3 is 0 Å². The molecule has 0 bridgehead atoms. The van der Waals surface area contributed by atoms with Gasteiger partial charge in [-0.05, 0) is 32.9 Å². The van der Waals surface area contributed by atoms with Crippen LogP contribution in [0.1, 0.15) is 33.1 Å². The molecule has 14 heavy (non-hydrogen) atoms. The van der Waals surface area contributed by atoms with Crippen LogP contribution in [-0.2, 0) is 4.74 Å². The highest BCUT2D eigenvalue weighted by atomic mass is 16.5. The van der Waals surface area contributed by atoms with Crippen LogP contribution < -0.4 is 5.32 Å². The number of rotatable bonds is 2. The zero-order chi connectivity index (χ0) is 9.97. The van der Waals surface area contributed by atoms with Gasteiger partial charge in [-0.25, -0.2) is 0 Å². The fourth-order valence-electron chi connectivity index (χ4n) is 2.60. The minimum atomic E-state index is 0.283. The molecule has 2 saturated heterocycles. The lowest BCUT2D eigenvalue weighted by atomic mass is 10.0. The minimum Gasteiger partial charge on any atom is -0.360 e. The van der Waals surface area contributed by atoms with Crippen LogP contribution >= 0.6 is 0 Å². The van der Waals surface area contributed by atoms with E-state index in [9.17, 15) is 0 Å². The van der Waals surface area contributed by atoms with Gasteiger partial charge in [0.15, 0.2) is 0 Å². The maximum atomic E-state index is 5.78. The maximum Gasteiger partial charge on any atom is 0.124 e. The van der Waals surface area contributed by atoms with E-state index >= 15 is 0 Å². The monoisotopic (exact) mass is 198 g/mol. The molecule has 2 rings (SSSR count). The number of ether oxygens (including phenoxy) is 1. The van der Waals surface area contributed by atoms with Gasteiger partial charge in [0.25, 0.3) is 0 Å². The van der Waals surface area contributed by atoms with Crippen LogP contribution in [0.3, 0.4) is 0 Å². The molecule has 0 aromatic carbocycles.